The third kappa shape index (κ3) is 6.00. The Hall–Kier alpha value is -3.17. The molecule has 0 radical (unpaired) electrons. The van der Waals surface area contributed by atoms with E-state index in [1.165, 1.54) is 24.3 Å². The van der Waals surface area contributed by atoms with Gasteiger partial charge >= 0.3 is 6.03 Å². The molecule has 2 heterocycles. The normalized spacial score (nSPS) is 19.3. The number of morpholine rings is 1. The molecule has 2 aromatic carbocycles. The second-order valence-corrected chi connectivity index (χ2v) is 8.20. The first-order chi connectivity index (χ1) is 16.0. The molecule has 2 aliphatic rings. The molecule has 1 N–H and O–H groups in total. The van der Waals surface area contributed by atoms with E-state index in [4.69, 9.17) is 9.47 Å². The van der Waals surface area contributed by atoms with Gasteiger partial charge in [0.15, 0.2) is 0 Å². The van der Waals surface area contributed by atoms with Gasteiger partial charge in [0.1, 0.15) is 11.6 Å². The van der Waals surface area contributed by atoms with Gasteiger partial charge in [0.05, 0.1) is 19.8 Å². The molecule has 176 valence electrons. The van der Waals surface area contributed by atoms with E-state index in [0.29, 0.717) is 56.3 Å². The Kier molecular flexibility index (Phi) is 7.41. The zero-order valence-electron chi connectivity index (χ0n) is 18.7. The molecule has 2 saturated heterocycles. The Bertz CT molecular complexity index is 963. The number of benzene rings is 2. The van der Waals surface area contributed by atoms with Crippen molar-refractivity contribution in [3.8, 4) is 5.75 Å². The van der Waals surface area contributed by atoms with Crippen LogP contribution in [0.4, 0.5) is 14.9 Å². The lowest BCUT2D eigenvalue weighted by Crippen LogP contribution is -2.54. The minimum Gasteiger partial charge on any atom is -0.497 e. The Morgan fingerprint density at radius 2 is 1.82 bits per heavy atom. The molecule has 2 fully saturated rings. The molecule has 0 aromatic heterocycles. The van der Waals surface area contributed by atoms with Crippen LogP contribution in [0.2, 0.25) is 0 Å². The molecule has 0 bridgehead atoms. The zero-order chi connectivity index (χ0) is 23.2. The summed E-state index contributed by atoms with van der Waals surface area (Å²) in [5.74, 6) is 0.253. The summed E-state index contributed by atoms with van der Waals surface area (Å²) in [7, 11) is 1.59. The number of piperazine rings is 1. The van der Waals surface area contributed by atoms with E-state index in [9.17, 15) is 14.0 Å². The molecular weight excluding hydrogens is 427 g/mol. The second kappa shape index (κ2) is 10.6. The van der Waals surface area contributed by atoms with E-state index in [1.54, 1.807) is 23.0 Å². The molecule has 1 unspecified atom stereocenters. The van der Waals surface area contributed by atoms with E-state index in [2.05, 4.69) is 10.2 Å². The smallest absolute Gasteiger partial charge is 0.322 e. The fraction of sp³-hybridized carbons (Fsp3) is 0.417. The van der Waals surface area contributed by atoms with Crippen LogP contribution >= 0.6 is 0 Å². The fourth-order valence-electron chi connectivity index (χ4n) is 4.11. The molecule has 33 heavy (non-hydrogen) atoms. The molecule has 0 aliphatic carbocycles. The first kappa shape index (κ1) is 23.0. The van der Waals surface area contributed by atoms with Crippen LogP contribution in [0.15, 0.2) is 48.5 Å². The van der Waals surface area contributed by atoms with E-state index in [0.717, 1.165) is 13.1 Å². The van der Waals surface area contributed by atoms with E-state index in [-0.39, 0.29) is 23.9 Å². The van der Waals surface area contributed by atoms with Gasteiger partial charge in [-0.3, -0.25) is 9.69 Å². The lowest BCUT2D eigenvalue weighted by molar-refractivity contribution is -0.0338. The number of nitrogens with one attached hydrogen (secondary N) is 1. The first-order valence-electron chi connectivity index (χ1n) is 11.1. The third-order valence-electron chi connectivity index (χ3n) is 5.96. The molecule has 2 aliphatic heterocycles. The van der Waals surface area contributed by atoms with Crippen LogP contribution in [-0.4, -0.2) is 92.3 Å². The van der Waals surface area contributed by atoms with Crippen LogP contribution in [0.3, 0.4) is 0 Å². The number of nitrogens with zero attached hydrogens (tertiary/aromatic N) is 3. The highest BCUT2D eigenvalue weighted by Crippen LogP contribution is 2.18. The summed E-state index contributed by atoms with van der Waals surface area (Å²) in [4.78, 5) is 31.1. The maximum absolute atomic E-state index is 13.1. The summed E-state index contributed by atoms with van der Waals surface area (Å²) in [6, 6.07) is 12.8. The second-order valence-electron chi connectivity index (χ2n) is 8.20. The highest BCUT2D eigenvalue weighted by molar-refractivity contribution is 5.94. The van der Waals surface area contributed by atoms with Crippen molar-refractivity contribution in [3.63, 3.8) is 0 Å². The lowest BCUT2D eigenvalue weighted by Gasteiger charge is -2.39. The quantitative estimate of drug-likeness (QED) is 0.749. The van der Waals surface area contributed by atoms with Crippen molar-refractivity contribution in [3.05, 3.63) is 59.9 Å². The lowest BCUT2D eigenvalue weighted by atomic mass is 10.1. The molecule has 9 heteroatoms. The van der Waals surface area contributed by atoms with Gasteiger partial charge in [0.25, 0.3) is 5.91 Å². The predicted octanol–water partition coefficient (Wildman–Crippen LogP) is 2.53. The van der Waals surface area contributed by atoms with Gasteiger partial charge in [-0.15, -0.1) is 0 Å². The van der Waals surface area contributed by atoms with Gasteiger partial charge in [0.2, 0.25) is 0 Å². The summed E-state index contributed by atoms with van der Waals surface area (Å²) in [5.41, 5.74) is 1.18. The number of halogens is 1. The summed E-state index contributed by atoms with van der Waals surface area (Å²) < 4.78 is 24.2. The minimum atomic E-state index is -0.352. The summed E-state index contributed by atoms with van der Waals surface area (Å²) in [6.45, 7) is 4.87. The Labute approximate surface area is 192 Å². The number of carbonyl (C=O) groups is 2. The Balaban J connectivity index is 1.24. The van der Waals surface area contributed by atoms with Crippen LogP contribution < -0.4 is 10.1 Å². The van der Waals surface area contributed by atoms with Gasteiger partial charge in [0, 0.05) is 63.1 Å². The number of urea groups is 1. The number of amides is 3. The van der Waals surface area contributed by atoms with E-state index < -0.39 is 0 Å². The van der Waals surface area contributed by atoms with Gasteiger partial charge in [-0.2, -0.15) is 0 Å². The SMILES string of the molecule is COc1cccc(NC(=O)N2CCOC(CN3CCN(C(=O)c4ccc(F)cc4)CC3)C2)c1. The highest BCUT2D eigenvalue weighted by Gasteiger charge is 2.28. The molecule has 0 spiro atoms. The average Bonchev–Trinajstić information content (AvgIpc) is 2.85. The van der Waals surface area contributed by atoms with Crippen LogP contribution in [0.25, 0.3) is 0 Å². The number of anilines is 1. The topological polar surface area (TPSA) is 74.3 Å². The summed E-state index contributed by atoms with van der Waals surface area (Å²) >= 11 is 0. The van der Waals surface area contributed by atoms with E-state index in [1.807, 2.05) is 18.2 Å². The first-order valence-corrected chi connectivity index (χ1v) is 11.1. The van der Waals surface area contributed by atoms with Crippen LogP contribution in [0.5, 0.6) is 5.75 Å². The largest absolute Gasteiger partial charge is 0.497 e. The number of ether oxygens (including phenoxy) is 2. The predicted molar refractivity (Wildman–Crippen MR) is 122 cm³/mol. The zero-order valence-corrected chi connectivity index (χ0v) is 18.7. The molecule has 0 saturated carbocycles. The summed E-state index contributed by atoms with van der Waals surface area (Å²) in [5, 5.41) is 2.92. The maximum atomic E-state index is 13.1. The van der Waals surface area contributed by atoms with Crippen molar-refractivity contribution in [1.82, 2.24) is 14.7 Å². The number of hydrogen-bond donors (Lipinski definition) is 1. The number of rotatable bonds is 5. The Morgan fingerprint density at radius 1 is 1.06 bits per heavy atom. The van der Waals surface area contributed by atoms with Crippen molar-refractivity contribution in [1.29, 1.82) is 0 Å². The molecule has 1 atom stereocenters. The molecule has 2 aromatic rings. The van der Waals surface area contributed by atoms with E-state index >= 15 is 0 Å². The number of hydrogen-bond acceptors (Lipinski definition) is 5. The summed E-state index contributed by atoms with van der Waals surface area (Å²) in [6.07, 6.45) is -0.0887. The van der Waals surface area contributed by atoms with Crippen molar-refractivity contribution in [2.45, 2.75) is 6.10 Å². The fourth-order valence-corrected chi connectivity index (χ4v) is 4.11. The monoisotopic (exact) mass is 456 g/mol. The number of carbonyl (C=O) groups excluding carboxylic acids is 2. The Morgan fingerprint density at radius 3 is 2.55 bits per heavy atom. The molecular formula is C24H29FN4O4. The highest BCUT2D eigenvalue weighted by atomic mass is 19.1. The average molecular weight is 457 g/mol. The third-order valence-corrected chi connectivity index (χ3v) is 5.96. The maximum Gasteiger partial charge on any atom is 0.322 e. The van der Waals surface area contributed by atoms with Gasteiger partial charge in [-0.25, -0.2) is 9.18 Å². The van der Waals surface area contributed by atoms with Crippen molar-refractivity contribution in [2.24, 2.45) is 0 Å². The van der Waals surface area contributed by atoms with Crippen molar-refractivity contribution >= 4 is 17.6 Å². The van der Waals surface area contributed by atoms with Crippen LogP contribution in [-0.2, 0) is 4.74 Å². The molecule has 8 nitrogen and oxygen atoms in total. The van der Waals surface area contributed by atoms with Crippen molar-refractivity contribution < 1.29 is 23.5 Å². The number of methoxy groups -OCH3 is 1. The molecule has 4 rings (SSSR count). The van der Waals surface area contributed by atoms with Gasteiger partial charge in [-0.05, 0) is 36.4 Å². The van der Waals surface area contributed by atoms with Gasteiger partial charge < -0.3 is 24.6 Å². The van der Waals surface area contributed by atoms with Crippen LogP contribution in [0, 0.1) is 5.82 Å². The van der Waals surface area contributed by atoms with Gasteiger partial charge in [-0.1, -0.05) is 6.07 Å². The molecule has 3 amide bonds. The van der Waals surface area contributed by atoms with Crippen LogP contribution in [0.1, 0.15) is 10.4 Å². The minimum absolute atomic E-state index is 0.0797. The van der Waals surface area contributed by atoms with Crippen molar-refractivity contribution in [2.75, 3.05) is 64.8 Å². The standard InChI is InChI=1S/C24H29FN4O4/c1-32-21-4-2-3-20(15-21)26-24(31)29-13-14-33-22(17-29)16-27-9-11-28(12-10-27)23(30)18-5-7-19(25)8-6-18/h2-8,15,22H,9-14,16-17H2,1H3,(H,26,31).